The van der Waals surface area contributed by atoms with Crippen LogP contribution in [0.5, 0.6) is 11.5 Å². The molecule has 0 amide bonds. The van der Waals surface area contributed by atoms with Gasteiger partial charge in [-0.2, -0.15) is 0 Å². The average Bonchev–Trinajstić information content (AvgIpc) is 3.69. The monoisotopic (exact) mass is 819 g/mol. The van der Waals surface area contributed by atoms with Gasteiger partial charge in [-0.25, -0.2) is 0 Å². The number of rotatable bonds is 9. The summed E-state index contributed by atoms with van der Waals surface area (Å²) in [6.07, 6.45) is 0. The smallest absolute Gasteiger partial charge is 0.135 e. The van der Waals surface area contributed by atoms with Gasteiger partial charge in [0.2, 0.25) is 0 Å². The van der Waals surface area contributed by atoms with E-state index in [9.17, 15) is 0 Å². The van der Waals surface area contributed by atoms with Gasteiger partial charge in [-0.1, -0.05) is 224 Å². The molecule has 0 radical (unpaired) electrons. The molecule has 9 aromatic rings. The van der Waals surface area contributed by atoms with Crippen LogP contribution in [-0.4, -0.2) is 0 Å². The molecule has 1 unspecified atom stereocenters. The van der Waals surface area contributed by atoms with Gasteiger partial charge in [0.1, 0.15) is 11.5 Å². The fourth-order valence-electron chi connectivity index (χ4n) is 8.69. The summed E-state index contributed by atoms with van der Waals surface area (Å²) < 4.78 is 6.70. The summed E-state index contributed by atoms with van der Waals surface area (Å²) >= 11 is 0. The number of benzene rings is 9. The van der Waals surface area contributed by atoms with Crippen molar-refractivity contribution in [1.82, 2.24) is 0 Å². The lowest BCUT2D eigenvalue weighted by atomic mass is 9.67. The zero-order valence-corrected chi connectivity index (χ0v) is 37.4. The van der Waals surface area contributed by atoms with E-state index in [0.29, 0.717) is 0 Å². The Morgan fingerprint density at radius 1 is 0.333 bits per heavy atom. The summed E-state index contributed by atoms with van der Waals surface area (Å²) in [5.74, 6) is 1.66. The highest BCUT2D eigenvalue weighted by molar-refractivity contribution is 5.91. The second kappa shape index (κ2) is 20.9. The summed E-state index contributed by atoms with van der Waals surface area (Å²) in [7, 11) is 0. The average molecular weight is 820 g/mol. The summed E-state index contributed by atoms with van der Waals surface area (Å²) in [4.78, 5) is 2.39. The highest BCUT2D eigenvalue weighted by Gasteiger charge is 2.47. The molecule has 0 N–H and O–H groups in total. The Morgan fingerprint density at radius 3 is 1.44 bits per heavy atom. The molecule has 0 bridgehead atoms. The van der Waals surface area contributed by atoms with E-state index in [2.05, 4.69) is 211 Å². The van der Waals surface area contributed by atoms with Crippen molar-refractivity contribution in [3.8, 4) is 44.9 Å². The maximum Gasteiger partial charge on any atom is 0.135 e. The Hall–Kier alpha value is -7.42. The highest BCUT2D eigenvalue weighted by atomic mass is 16.5. The zero-order chi connectivity index (χ0) is 44.0. The van der Waals surface area contributed by atoms with E-state index in [4.69, 9.17) is 4.74 Å². The lowest BCUT2D eigenvalue weighted by molar-refractivity contribution is 0.484. The van der Waals surface area contributed by atoms with Crippen LogP contribution in [0.3, 0.4) is 0 Å². The number of anilines is 3. The van der Waals surface area contributed by atoms with Crippen molar-refractivity contribution in [2.75, 3.05) is 4.90 Å². The minimum atomic E-state index is -0.617. The molecule has 2 nitrogen and oxygen atoms in total. The molecule has 1 aliphatic carbocycles. The number of fused-ring (bicyclic) bond motifs is 3. The van der Waals surface area contributed by atoms with Crippen LogP contribution in [0.2, 0.25) is 0 Å². The number of hydrogen-bond acceptors (Lipinski definition) is 2. The first-order valence-electron chi connectivity index (χ1n) is 22.5. The van der Waals surface area contributed by atoms with Gasteiger partial charge < -0.3 is 9.64 Å². The molecule has 0 aliphatic heterocycles. The van der Waals surface area contributed by atoms with Crippen molar-refractivity contribution >= 4 is 17.1 Å². The normalized spacial score (nSPS) is 13.0. The van der Waals surface area contributed by atoms with Gasteiger partial charge in [0.15, 0.2) is 0 Å². The fourth-order valence-corrected chi connectivity index (χ4v) is 8.69. The van der Waals surface area contributed by atoms with Gasteiger partial charge in [-0.05, 0) is 105 Å². The minimum Gasteiger partial charge on any atom is -0.457 e. The first kappa shape index (κ1) is 43.7. The molecule has 0 spiro atoms. The standard InChI is InChI=1S/C55H39NO.3C2H6/c1-5-18-40(19-6-1)42-34-36-46(37-35-42)56(47-26-15-22-43(38-47)41-20-7-2-8-21-41)48-27-16-25-45(39-48)55(44-23-9-3-10-24-44)51-31-14-13-30-50(51)54-52(55)32-17-33-53(54)57-49-28-11-4-12-29-49;3*1-2/h1-39H;3*1-2H3. The van der Waals surface area contributed by atoms with Gasteiger partial charge in [0, 0.05) is 22.6 Å². The van der Waals surface area contributed by atoms with E-state index in [1.54, 1.807) is 0 Å². The van der Waals surface area contributed by atoms with Crippen LogP contribution in [0.15, 0.2) is 237 Å². The van der Waals surface area contributed by atoms with Crippen molar-refractivity contribution in [3.63, 3.8) is 0 Å². The molecule has 0 heterocycles. The maximum atomic E-state index is 6.70. The van der Waals surface area contributed by atoms with E-state index < -0.39 is 5.41 Å². The van der Waals surface area contributed by atoms with E-state index in [-0.39, 0.29) is 0 Å². The molecule has 0 saturated heterocycles. The third-order valence-corrected chi connectivity index (χ3v) is 11.2. The second-order valence-electron chi connectivity index (χ2n) is 14.5. The molecule has 2 heteroatoms. The number of nitrogens with zero attached hydrogens (tertiary/aromatic N) is 1. The number of para-hydroxylation sites is 1. The van der Waals surface area contributed by atoms with Crippen LogP contribution < -0.4 is 9.64 Å². The summed E-state index contributed by atoms with van der Waals surface area (Å²) in [6.45, 7) is 12.0. The van der Waals surface area contributed by atoms with Crippen molar-refractivity contribution in [2.45, 2.75) is 47.0 Å². The molecule has 0 fully saturated rings. The fraction of sp³-hybridized carbons (Fsp3) is 0.115. The SMILES string of the molecule is CC.CC.CC.c1ccc(Oc2cccc3c2-c2ccccc2C3(c2ccccc2)c2cccc(N(c3ccc(-c4ccccc4)cc3)c3cccc(-c4ccccc4)c3)c2)cc1. The van der Waals surface area contributed by atoms with E-state index in [0.717, 1.165) is 34.1 Å². The van der Waals surface area contributed by atoms with Gasteiger partial charge in [-0.15, -0.1) is 0 Å². The van der Waals surface area contributed by atoms with Crippen molar-refractivity contribution in [2.24, 2.45) is 0 Å². The van der Waals surface area contributed by atoms with Crippen LogP contribution in [0.4, 0.5) is 17.1 Å². The Balaban J connectivity index is 0.000000953. The van der Waals surface area contributed by atoms with Gasteiger partial charge in [0.05, 0.1) is 5.41 Å². The Kier molecular flexibility index (Phi) is 14.5. The maximum absolute atomic E-state index is 6.70. The molecule has 312 valence electrons. The van der Waals surface area contributed by atoms with Crippen LogP contribution in [0.25, 0.3) is 33.4 Å². The van der Waals surface area contributed by atoms with Gasteiger partial charge in [0.25, 0.3) is 0 Å². The largest absolute Gasteiger partial charge is 0.457 e. The van der Waals surface area contributed by atoms with Crippen LogP contribution in [0, 0.1) is 0 Å². The summed E-state index contributed by atoms with van der Waals surface area (Å²) in [5.41, 5.74) is 14.5. The molecule has 63 heavy (non-hydrogen) atoms. The molecule has 1 atom stereocenters. The van der Waals surface area contributed by atoms with Crippen LogP contribution in [0.1, 0.15) is 63.8 Å². The van der Waals surface area contributed by atoms with E-state index >= 15 is 0 Å². The Morgan fingerprint density at radius 2 is 0.794 bits per heavy atom. The summed E-state index contributed by atoms with van der Waals surface area (Å²) in [6, 6.07) is 84.5. The van der Waals surface area contributed by atoms with E-state index in [1.807, 2.05) is 71.9 Å². The van der Waals surface area contributed by atoms with Crippen molar-refractivity contribution in [3.05, 3.63) is 259 Å². The molecule has 0 saturated carbocycles. The van der Waals surface area contributed by atoms with Crippen molar-refractivity contribution < 1.29 is 4.74 Å². The van der Waals surface area contributed by atoms with Crippen molar-refractivity contribution in [1.29, 1.82) is 0 Å². The predicted octanol–water partition coefficient (Wildman–Crippen LogP) is 17.7. The van der Waals surface area contributed by atoms with Gasteiger partial charge >= 0.3 is 0 Å². The molecular formula is C61H57NO. The Bertz CT molecular complexity index is 2800. The lowest BCUT2D eigenvalue weighted by Gasteiger charge is -2.35. The molecular weight excluding hydrogens is 763 g/mol. The minimum absolute atomic E-state index is 0.617. The van der Waals surface area contributed by atoms with Crippen LogP contribution in [-0.2, 0) is 5.41 Å². The highest BCUT2D eigenvalue weighted by Crippen LogP contribution is 2.59. The quantitative estimate of drug-likeness (QED) is 0.144. The summed E-state index contributed by atoms with van der Waals surface area (Å²) in [5, 5.41) is 0. The predicted molar refractivity (Wildman–Crippen MR) is 270 cm³/mol. The lowest BCUT2D eigenvalue weighted by Crippen LogP contribution is -2.28. The number of hydrogen-bond donors (Lipinski definition) is 0. The first-order valence-corrected chi connectivity index (χ1v) is 22.5. The first-order chi connectivity index (χ1) is 31.3. The van der Waals surface area contributed by atoms with Gasteiger partial charge in [-0.3, -0.25) is 0 Å². The second-order valence-corrected chi connectivity index (χ2v) is 14.5. The third-order valence-electron chi connectivity index (χ3n) is 11.2. The number of ether oxygens (including phenoxy) is 1. The zero-order valence-electron chi connectivity index (χ0n) is 37.4. The molecule has 0 aromatic heterocycles. The van der Waals surface area contributed by atoms with E-state index in [1.165, 1.54) is 50.1 Å². The topological polar surface area (TPSA) is 12.5 Å². The molecule has 9 aromatic carbocycles. The molecule has 10 rings (SSSR count). The Labute approximate surface area is 375 Å². The third kappa shape index (κ3) is 8.72. The molecule has 1 aliphatic rings. The van der Waals surface area contributed by atoms with Crippen LogP contribution >= 0.6 is 0 Å².